The monoisotopic (exact) mass is 260 g/mol. The maximum atomic E-state index is 14.0. The first kappa shape index (κ1) is 12.9. The summed E-state index contributed by atoms with van der Waals surface area (Å²) in [6.07, 6.45) is -2.67. The molecule has 1 aliphatic heterocycles. The average molecular weight is 260 g/mol. The van der Waals surface area contributed by atoms with Gasteiger partial charge in [-0.15, -0.1) is 0 Å². The average Bonchev–Trinajstić information content (AvgIpc) is 2.66. The lowest BCUT2D eigenvalue weighted by Gasteiger charge is -2.15. The topological polar surface area (TPSA) is 105 Å². The largest absolute Gasteiger partial charge is 0.396 e. The van der Waals surface area contributed by atoms with Crippen LogP contribution in [-0.2, 0) is 4.74 Å². The van der Waals surface area contributed by atoms with Crippen molar-refractivity contribution < 1.29 is 19.3 Å². The molecule has 18 heavy (non-hydrogen) atoms. The van der Waals surface area contributed by atoms with E-state index in [0.29, 0.717) is 0 Å². The standard InChI is InChI=1S/C10H13FN2O5/c11-8-5(3-14)6(4-15)18-9(8)13-2-1-7(16)12-10(13)17/h1-2,5-6,8-9,14-15H,3-4H2,(H,12,16,17)/t5-,6-,8-,9-/m1/s1. The summed E-state index contributed by atoms with van der Waals surface area (Å²) in [6.45, 7) is -0.957. The number of rotatable bonds is 3. The summed E-state index contributed by atoms with van der Waals surface area (Å²) in [7, 11) is 0. The number of aromatic amines is 1. The summed E-state index contributed by atoms with van der Waals surface area (Å²) in [5, 5.41) is 18.1. The Hall–Kier alpha value is -1.51. The van der Waals surface area contributed by atoms with Crippen molar-refractivity contribution in [2.45, 2.75) is 18.5 Å². The van der Waals surface area contributed by atoms with Crippen molar-refractivity contribution in [3.63, 3.8) is 0 Å². The number of hydrogen-bond donors (Lipinski definition) is 3. The van der Waals surface area contributed by atoms with Gasteiger partial charge in [0.25, 0.3) is 5.56 Å². The smallest absolute Gasteiger partial charge is 0.330 e. The lowest BCUT2D eigenvalue weighted by atomic mass is 10.0. The molecule has 0 aliphatic carbocycles. The van der Waals surface area contributed by atoms with Crippen molar-refractivity contribution in [1.29, 1.82) is 0 Å². The van der Waals surface area contributed by atoms with Crippen molar-refractivity contribution in [2.24, 2.45) is 5.92 Å². The Morgan fingerprint density at radius 2 is 2.11 bits per heavy atom. The van der Waals surface area contributed by atoms with Gasteiger partial charge in [-0.1, -0.05) is 0 Å². The first-order valence-corrected chi connectivity index (χ1v) is 5.41. The van der Waals surface area contributed by atoms with Crippen LogP contribution in [0.5, 0.6) is 0 Å². The molecule has 8 heteroatoms. The molecule has 1 saturated heterocycles. The molecule has 0 aromatic carbocycles. The number of aromatic nitrogens is 2. The summed E-state index contributed by atoms with van der Waals surface area (Å²) < 4.78 is 20.1. The molecule has 3 N–H and O–H groups in total. The summed E-state index contributed by atoms with van der Waals surface area (Å²) in [6, 6.07) is 1.07. The molecule has 0 bridgehead atoms. The summed E-state index contributed by atoms with van der Waals surface area (Å²) in [5.41, 5.74) is -1.40. The molecular formula is C10H13FN2O5. The van der Waals surface area contributed by atoms with Gasteiger partial charge in [-0.3, -0.25) is 14.3 Å². The van der Waals surface area contributed by atoms with E-state index in [0.717, 1.165) is 16.8 Å². The van der Waals surface area contributed by atoms with Gasteiger partial charge < -0.3 is 14.9 Å². The van der Waals surface area contributed by atoms with Crippen LogP contribution >= 0.6 is 0 Å². The fraction of sp³-hybridized carbons (Fsp3) is 0.600. The highest BCUT2D eigenvalue weighted by Crippen LogP contribution is 2.34. The third kappa shape index (κ3) is 2.09. The van der Waals surface area contributed by atoms with Crippen LogP contribution in [0.3, 0.4) is 0 Å². The van der Waals surface area contributed by atoms with Gasteiger partial charge in [0.2, 0.25) is 0 Å². The zero-order chi connectivity index (χ0) is 13.3. The van der Waals surface area contributed by atoms with Crippen LogP contribution < -0.4 is 11.2 Å². The Kier molecular flexibility index (Phi) is 3.60. The van der Waals surface area contributed by atoms with E-state index in [-0.39, 0.29) is 0 Å². The van der Waals surface area contributed by atoms with Crippen molar-refractivity contribution in [2.75, 3.05) is 13.2 Å². The predicted octanol–water partition coefficient (Wildman–Crippen LogP) is -1.63. The number of H-pyrrole nitrogens is 1. The fourth-order valence-corrected chi connectivity index (χ4v) is 2.01. The highest BCUT2D eigenvalue weighted by atomic mass is 19.1. The number of halogens is 1. The van der Waals surface area contributed by atoms with Gasteiger partial charge >= 0.3 is 5.69 Å². The zero-order valence-electron chi connectivity index (χ0n) is 9.32. The van der Waals surface area contributed by atoms with Crippen molar-refractivity contribution in [3.8, 4) is 0 Å². The number of nitrogens with zero attached hydrogens (tertiary/aromatic N) is 1. The van der Waals surface area contributed by atoms with Crippen LogP contribution in [0.25, 0.3) is 0 Å². The first-order valence-electron chi connectivity index (χ1n) is 5.41. The Morgan fingerprint density at radius 1 is 1.39 bits per heavy atom. The number of aliphatic hydroxyl groups excluding tert-OH is 2. The number of hydrogen-bond acceptors (Lipinski definition) is 5. The van der Waals surface area contributed by atoms with Gasteiger partial charge in [0, 0.05) is 18.2 Å². The minimum absolute atomic E-state index is 0.458. The summed E-state index contributed by atoms with van der Waals surface area (Å²) >= 11 is 0. The zero-order valence-corrected chi connectivity index (χ0v) is 9.32. The van der Waals surface area contributed by atoms with Crippen LogP contribution in [0.1, 0.15) is 6.23 Å². The maximum absolute atomic E-state index is 14.0. The molecule has 1 aromatic heterocycles. The van der Waals surface area contributed by atoms with Crippen molar-refractivity contribution in [1.82, 2.24) is 9.55 Å². The van der Waals surface area contributed by atoms with Crippen molar-refractivity contribution >= 4 is 0 Å². The Morgan fingerprint density at radius 3 is 2.61 bits per heavy atom. The number of ether oxygens (including phenoxy) is 1. The summed E-state index contributed by atoms with van der Waals surface area (Å²) in [4.78, 5) is 24.4. The van der Waals surface area contributed by atoms with E-state index < -0.39 is 48.9 Å². The maximum Gasteiger partial charge on any atom is 0.330 e. The van der Waals surface area contributed by atoms with Gasteiger partial charge in [0.15, 0.2) is 12.4 Å². The van der Waals surface area contributed by atoms with E-state index in [1.807, 2.05) is 4.98 Å². The Balaban J connectivity index is 2.34. The van der Waals surface area contributed by atoms with Crippen molar-refractivity contribution in [3.05, 3.63) is 33.1 Å². The van der Waals surface area contributed by atoms with Crippen LogP contribution in [0.2, 0.25) is 0 Å². The molecule has 7 nitrogen and oxygen atoms in total. The van der Waals surface area contributed by atoms with Crippen LogP contribution in [-0.4, -0.2) is 45.3 Å². The summed E-state index contributed by atoms with van der Waals surface area (Å²) in [5.74, 6) is -0.904. The fourth-order valence-electron chi connectivity index (χ4n) is 2.01. The number of aliphatic hydroxyl groups is 2. The minimum Gasteiger partial charge on any atom is -0.396 e. The SMILES string of the molecule is O=c1ccn([C@@H]2O[C@H](CO)[C@@H](CO)[C@H]2F)c(=O)[nH]1. The molecule has 0 unspecified atom stereocenters. The molecular weight excluding hydrogens is 247 g/mol. The molecule has 0 saturated carbocycles. The highest BCUT2D eigenvalue weighted by Gasteiger charge is 2.45. The number of nitrogens with one attached hydrogen (secondary N) is 1. The lowest BCUT2D eigenvalue weighted by Crippen LogP contribution is -2.35. The normalized spacial score (nSPS) is 31.7. The van der Waals surface area contributed by atoms with Crippen LogP contribution in [0.15, 0.2) is 21.9 Å². The second kappa shape index (κ2) is 5.01. The highest BCUT2D eigenvalue weighted by molar-refractivity contribution is 4.92. The van der Waals surface area contributed by atoms with E-state index >= 15 is 0 Å². The van der Waals surface area contributed by atoms with Gasteiger partial charge in [0.1, 0.15) is 0 Å². The first-order chi connectivity index (χ1) is 8.58. The molecule has 1 fully saturated rings. The Labute approximate surface area is 100 Å². The quantitative estimate of drug-likeness (QED) is 0.605. The van der Waals surface area contributed by atoms with E-state index in [4.69, 9.17) is 14.9 Å². The second-order valence-corrected chi connectivity index (χ2v) is 4.06. The van der Waals surface area contributed by atoms with Gasteiger partial charge in [-0.25, -0.2) is 9.18 Å². The molecule has 0 radical (unpaired) electrons. The lowest BCUT2D eigenvalue weighted by molar-refractivity contribution is -0.0441. The predicted molar refractivity (Wildman–Crippen MR) is 57.8 cm³/mol. The molecule has 1 aliphatic rings. The third-order valence-corrected chi connectivity index (χ3v) is 2.99. The Bertz CT molecular complexity index is 527. The molecule has 4 atom stereocenters. The molecule has 1 aromatic rings. The van der Waals surface area contributed by atoms with E-state index in [1.165, 1.54) is 0 Å². The second-order valence-electron chi connectivity index (χ2n) is 4.06. The van der Waals surface area contributed by atoms with E-state index in [9.17, 15) is 14.0 Å². The molecule has 2 heterocycles. The van der Waals surface area contributed by atoms with E-state index in [1.54, 1.807) is 0 Å². The molecule has 0 amide bonds. The van der Waals surface area contributed by atoms with E-state index in [2.05, 4.69) is 0 Å². The van der Waals surface area contributed by atoms with Gasteiger partial charge in [-0.2, -0.15) is 0 Å². The minimum atomic E-state index is -1.64. The van der Waals surface area contributed by atoms with Gasteiger partial charge in [0.05, 0.1) is 19.3 Å². The third-order valence-electron chi connectivity index (χ3n) is 2.99. The number of alkyl halides is 1. The van der Waals surface area contributed by atoms with Crippen LogP contribution in [0.4, 0.5) is 4.39 Å². The molecule has 0 spiro atoms. The molecule has 2 rings (SSSR count). The molecule has 100 valence electrons. The van der Waals surface area contributed by atoms with Crippen LogP contribution in [0, 0.1) is 5.92 Å². The van der Waals surface area contributed by atoms with Gasteiger partial charge in [-0.05, 0) is 0 Å².